The maximum Gasteiger partial charge on any atom is 0.276 e. The second-order valence-electron chi connectivity index (χ2n) is 8.54. The van der Waals surface area contributed by atoms with Crippen LogP contribution in [0.5, 0.6) is 0 Å². The van der Waals surface area contributed by atoms with E-state index in [2.05, 4.69) is 30.8 Å². The third-order valence-electron chi connectivity index (χ3n) is 5.40. The number of carbonyl (C=O) groups is 1. The van der Waals surface area contributed by atoms with Gasteiger partial charge in [0.1, 0.15) is 5.76 Å². The van der Waals surface area contributed by atoms with Crippen LogP contribution in [0.25, 0.3) is 0 Å². The topological polar surface area (TPSA) is 46.3 Å². The van der Waals surface area contributed by atoms with Gasteiger partial charge in [-0.1, -0.05) is 25.9 Å². The van der Waals surface area contributed by atoms with Crippen LogP contribution in [-0.2, 0) is 0 Å². The molecule has 1 amide bonds. The Morgan fingerprint density at radius 3 is 2.81 bits per heavy atom. The van der Waals surface area contributed by atoms with Crippen molar-refractivity contribution in [3.05, 3.63) is 17.5 Å². The quantitative estimate of drug-likeness (QED) is 0.835. The van der Waals surface area contributed by atoms with Gasteiger partial charge in [-0.3, -0.25) is 4.79 Å². The highest BCUT2D eigenvalue weighted by molar-refractivity contribution is 5.92. The van der Waals surface area contributed by atoms with Gasteiger partial charge >= 0.3 is 0 Å². The third-order valence-corrected chi connectivity index (χ3v) is 5.40. The van der Waals surface area contributed by atoms with Gasteiger partial charge in [-0.25, -0.2) is 0 Å². The average Bonchev–Trinajstić information content (AvgIpc) is 3.04. The van der Waals surface area contributed by atoms with Crippen molar-refractivity contribution in [1.82, 2.24) is 10.1 Å². The van der Waals surface area contributed by atoms with Gasteiger partial charge in [0.05, 0.1) is 0 Å². The van der Waals surface area contributed by atoms with Gasteiger partial charge in [0.2, 0.25) is 0 Å². The van der Waals surface area contributed by atoms with E-state index in [4.69, 9.17) is 4.52 Å². The third kappa shape index (κ3) is 2.29. The lowest BCUT2D eigenvalue weighted by molar-refractivity contribution is 0.0698. The molecule has 3 fully saturated rings. The molecule has 1 aromatic heterocycles. The van der Waals surface area contributed by atoms with Gasteiger partial charge in [-0.15, -0.1) is 0 Å². The number of hydrogen-bond acceptors (Lipinski definition) is 3. The molecule has 3 aliphatic rings. The minimum absolute atomic E-state index is 0.0667. The fraction of sp³-hybridized carbons (Fsp3) is 0.765. The number of hydrogen-bond donors (Lipinski definition) is 0. The first kappa shape index (κ1) is 13.4. The predicted molar refractivity (Wildman–Crippen MR) is 79.0 cm³/mol. The van der Waals surface area contributed by atoms with Crippen LogP contribution in [0.1, 0.15) is 75.0 Å². The van der Waals surface area contributed by atoms with Gasteiger partial charge in [0.25, 0.3) is 5.91 Å². The average molecular weight is 288 g/mol. The molecule has 0 aromatic carbocycles. The largest absolute Gasteiger partial charge is 0.360 e. The Kier molecular flexibility index (Phi) is 2.61. The molecule has 4 rings (SSSR count). The lowest BCUT2D eigenvalue weighted by Gasteiger charge is -2.39. The molecule has 4 nitrogen and oxygen atoms in total. The number of likely N-dealkylation sites (tertiary alicyclic amines) is 1. The smallest absolute Gasteiger partial charge is 0.276 e. The van der Waals surface area contributed by atoms with Crippen molar-refractivity contribution in [3.63, 3.8) is 0 Å². The SMILES string of the molecule is CC1(C)C[C@H]2C[C@@](C)(CN2C(=O)c2cc(C3CC3)on2)C1. The zero-order chi connectivity index (χ0) is 14.8. The summed E-state index contributed by atoms with van der Waals surface area (Å²) in [6, 6.07) is 2.24. The fourth-order valence-corrected chi connectivity index (χ4v) is 4.79. The van der Waals surface area contributed by atoms with Crippen molar-refractivity contribution in [1.29, 1.82) is 0 Å². The Hall–Kier alpha value is -1.32. The van der Waals surface area contributed by atoms with Crippen LogP contribution in [0.15, 0.2) is 10.6 Å². The van der Waals surface area contributed by atoms with E-state index < -0.39 is 0 Å². The lowest BCUT2D eigenvalue weighted by Crippen LogP contribution is -2.37. The molecule has 2 atom stereocenters. The minimum atomic E-state index is 0.0667. The van der Waals surface area contributed by atoms with Crippen LogP contribution in [0.3, 0.4) is 0 Å². The lowest BCUT2D eigenvalue weighted by atomic mass is 9.65. The van der Waals surface area contributed by atoms with Crippen LogP contribution < -0.4 is 0 Å². The molecule has 2 bridgehead atoms. The molecule has 2 saturated carbocycles. The Balaban J connectivity index is 1.57. The highest BCUT2D eigenvalue weighted by Crippen LogP contribution is 2.52. The number of aromatic nitrogens is 1. The zero-order valence-electron chi connectivity index (χ0n) is 13.2. The van der Waals surface area contributed by atoms with E-state index in [-0.39, 0.29) is 11.3 Å². The standard InChI is InChI=1S/C17H24N2O2/c1-16(2)7-12-8-17(3,9-16)10-19(12)15(20)13-6-14(21-18-13)11-4-5-11/h6,11-12H,4-5,7-10H2,1-3H3/t12-,17+/m0/s1. The van der Waals surface area contributed by atoms with Crippen molar-refractivity contribution < 1.29 is 9.32 Å². The Bertz CT molecular complexity index is 587. The van der Waals surface area contributed by atoms with Gasteiger partial charge in [0, 0.05) is 24.6 Å². The van der Waals surface area contributed by atoms with E-state index in [0.29, 0.717) is 23.1 Å². The summed E-state index contributed by atoms with van der Waals surface area (Å²) in [5.41, 5.74) is 1.10. The van der Waals surface area contributed by atoms with Crippen molar-refractivity contribution in [2.75, 3.05) is 6.54 Å². The summed E-state index contributed by atoms with van der Waals surface area (Å²) >= 11 is 0. The summed E-state index contributed by atoms with van der Waals surface area (Å²) in [6.07, 6.45) is 5.77. The van der Waals surface area contributed by atoms with Crippen LogP contribution >= 0.6 is 0 Å². The van der Waals surface area contributed by atoms with Crippen molar-refractivity contribution in [2.45, 2.75) is 64.8 Å². The highest BCUT2D eigenvalue weighted by atomic mass is 16.5. The number of rotatable bonds is 2. The first-order valence-corrected chi connectivity index (χ1v) is 8.13. The molecule has 0 unspecified atom stereocenters. The maximum absolute atomic E-state index is 12.8. The van der Waals surface area contributed by atoms with Crippen molar-refractivity contribution in [2.24, 2.45) is 10.8 Å². The summed E-state index contributed by atoms with van der Waals surface area (Å²) in [4.78, 5) is 14.9. The number of nitrogens with zero attached hydrogens (tertiary/aromatic N) is 2. The van der Waals surface area contributed by atoms with Crippen LogP contribution in [0.2, 0.25) is 0 Å². The van der Waals surface area contributed by atoms with Crippen LogP contribution in [-0.4, -0.2) is 28.6 Å². The molecule has 2 aliphatic carbocycles. The van der Waals surface area contributed by atoms with Gasteiger partial charge < -0.3 is 9.42 Å². The molecule has 1 saturated heterocycles. The van der Waals surface area contributed by atoms with Gasteiger partial charge in [-0.05, 0) is 42.9 Å². The van der Waals surface area contributed by atoms with Gasteiger partial charge in [-0.2, -0.15) is 0 Å². The van der Waals surface area contributed by atoms with E-state index in [9.17, 15) is 4.79 Å². The van der Waals surface area contributed by atoms with E-state index >= 15 is 0 Å². The summed E-state index contributed by atoms with van der Waals surface area (Å²) in [7, 11) is 0. The molecular weight excluding hydrogens is 264 g/mol. The molecule has 2 heterocycles. The Morgan fingerprint density at radius 1 is 1.33 bits per heavy atom. The molecule has 1 aromatic rings. The zero-order valence-corrected chi connectivity index (χ0v) is 13.2. The minimum Gasteiger partial charge on any atom is -0.360 e. The van der Waals surface area contributed by atoms with E-state index in [1.807, 2.05) is 6.07 Å². The first-order valence-electron chi connectivity index (χ1n) is 8.13. The van der Waals surface area contributed by atoms with E-state index in [0.717, 1.165) is 25.1 Å². The molecule has 21 heavy (non-hydrogen) atoms. The molecule has 4 heteroatoms. The summed E-state index contributed by atoms with van der Waals surface area (Å²) in [5.74, 6) is 1.47. The van der Waals surface area contributed by atoms with E-state index in [1.54, 1.807) is 0 Å². The second-order valence-corrected chi connectivity index (χ2v) is 8.54. The van der Waals surface area contributed by atoms with E-state index in [1.165, 1.54) is 19.3 Å². The fourth-order valence-electron chi connectivity index (χ4n) is 4.79. The van der Waals surface area contributed by atoms with Crippen molar-refractivity contribution >= 4 is 5.91 Å². The van der Waals surface area contributed by atoms with Crippen LogP contribution in [0.4, 0.5) is 0 Å². The monoisotopic (exact) mass is 288 g/mol. The first-order chi connectivity index (χ1) is 9.85. The number of amides is 1. The van der Waals surface area contributed by atoms with Crippen molar-refractivity contribution in [3.8, 4) is 0 Å². The molecule has 1 aliphatic heterocycles. The Labute approximate surface area is 125 Å². The van der Waals surface area contributed by atoms with Crippen LogP contribution in [0, 0.1) is 10.8 Å². The molecular formula is C17H24N2O2. The second kappa shape index (κ2) is 4.11. The normalized spacial score (nSPS) is 34.2. The molecule has 0 N–H and O–H groups in total. The summed E-state index contributed by atoms with van der Waals surface area (Å²) in [6.45, 7) is 7.84. The highest BCUT2D eigenvalue weighted by Gasteiger charge is 2.51. The summed E-state index contributed by atoms with van der Waals surface area (Å²) < 4.78 is 5.35. The van der Waals surface area contributed by atoms with Gasteiger partial charge in [0.15, 0.2) is 5.69 Å². The number of carbonyl (C=O) groups excluding carboxylic acids is 1. The summed E-state index contributed by atoms with van der Waals surface area (Å²) in [5, 5.41) is 4.03. The maximum atomic E-state index is 12.8. The molecule has 114 valence electrons. The Morgan fingerprint density at radius 2 is 2.10 bits per heavy atom. The molecule has 0 radical (unpaired) electrons. The number of fused-ring (bicyclic) bond motifs is 2. The molecule has 0 spiro atoms. The predicted octanol–water partition coefficient (Wildman–Crippen LogP) is 3.59.